The number of hydrogen-bond donors (Lipinski definition) is 1. The van der Waals surface area contributed by atoms with Crippen molar-refractivity contribution in [1.82, 2.24) is 0 Å². The Bertz CT molecular complexity index is 389. The lowest BCUT2D eigenvalue weighted by atomic mass is 9.91. The minimum atomic E-state index is -0.379. The Kier molecular flexibility index (Phi) is 4.01. The summed E-state index contributed by atoms with van der Waals surface area (Å²) in [6.07, 6.45) is 0.841. The van der Waals surface area contributed by atoms with Crippen molar-refractivity contribution in [3.05, 3.63) is 39.4 Å². The van der Waals surface area contributed by atoms with E-state index in [1.807, 2.05) is 20.8 Å². The molecule has 0 aliphatic carbocycles. The number of benzene rings is 1. The van der Waals surface area contributed by atoms with Crippen molar-refractivity contribution in [2.75, 3.05) is 0 Å². The van der Waals surface area contributed by atoms with Crippen LogP contribution < -0.4 is 5.73 Å². The molecule has 0 fully saturated rings. The molecule has 1 aromatic carbocycles. The largest absolute Gasteiger partial charge is 0.324 e. The first-order chi connectivity index (χ1) is 7.47. The van der Waals surface area contributed by atoms with Crippen molar-refractivity contribution in [2.45, 2.75) is 33.2 Å². The van der Waals surface area contributed by atoms with Crippen molar-refractivity contribution in [3.8, 4) is 0 Å². The lowest BCUT2D eigenvalue weighted by molar-refractivity contribution is -0.385. The van der Waals surface area contributed by atoms with Crippen LogP contribution in [0, 0.1) is 16.0 Å². The Hall–Kier alpha value is -1.42. The van der Waals surface area contributed by atoms with Crippen LogP contribution in [0.2, 0.25) is 0 Å². The van der Waals surface area contributed by atoms with Crippen LogP contribution in [0.4, 0.5) is 5.69 Å². The molecule has 88 valence electrons. The van der Waals surface area contributed by atoms with Crippen LogP contribution in [0.1, 0.15) is 37.9 Å². The van der Waals surface area contributed by atoms with E-state index in [-0.39, 0.29) is 22.6 Å². The van der Waals surface area contributed by atoms with Crippen molar-refractivity contribution in [3.63, 3.8) is 0 Å². The summed E-state index contributed by atoms with van der Waals surface area (Å²) in [5.74, 6) is 0.271. The normalized spacial score (nSPS) is 12.8. The number of nitrogens with zero attached hydrogens (tertiary/aromatic N) is 1. The van der Waals surface area contributed by atoms with Crippen LogP contribution in [0.25, 0.3) is 0 Å². The van der Waals surface area contributed by atoms with Crippen LogP contribution in [-0.2, 0) is 6.42 Å². The fourth-order valence-corrected chi connectivity index (χ4v) is 1.69. The van der Waals surface area contributed by atoms with Crippen molar-refractivity contribution in [1.29, 1.82) is 0 Å². The summed E-state index contributed by atoms with van der Waals surface area (Å²) in [5, 5.41) is 10.7. The molecule has 0 heterocycles. The fraction of sp³-hybridized carbons (Fsp3) is 0.500. The Morgan fingerprint density at radius 2 is 2.06 bits per heavy atom. The zero-order valence-electron chi connectivity index (χ0n) is 9.93. The molecular weight excluding hydrogens is 204 g/mol. The molecule has 1 rings (SSSR count). The Morgan fingerprint density at radius 3 is 2.50 bits per heavy atom. The van der Waals surface area contributed by atoms with E-state index in [1.54, 1.807) is 12.1 Å². The van der Waals surface area contributed by atoms with Gasteiger partial charge in [-0.15, -0.1) is 0 Å². The number of aryl methyl sites for hydroxylation is 1. The van der Waals surface area contributed by atoms with Gasteiger partial charge in [0.05, 0.1) is 4.92 Å². The van der Waals surface area contributed by atoms with Crippen LogP contribution in [-0.4, -0.2) is 4.92 Å². The Balaban J connectivity index is 3.21. The molecular formula is C12H18N2O2. The van der Waals surface area contributed by atoms with Crippen LogP contribution in [0.5, 0.6) is 0 Å². The van der Waals surface area contributed by atoms with Gasteiger partial charge < -0.3 is 5.73 Å². The number of non-ortho nitro benzene ring substituents is 1. The average Bonchev–Trinajstić information content (AvgIpc) is 2.26. The summed E-state index contributed by atoms with van der Waals surface area (Å²) < 4.78 is 0. The van der Waals surface area contributed by atoms with E-state index in [9.17, 15) is 10.1 Å². The van der Waals surface area contributed by atoms with E-state index in [2.05, 4.69) is 0 Å². The fourth-order valence-electron chi connectivity index (χ4n) is 1.69. The second-order valence-corrected chi connectivity index (χ2v) is 4.26. The van der Waals surface area contributed by atoms with E-state index in [0.29, 0.717) is 0 Å². The summed E-state index contributed by atoms with van der Waals surface area (Å²) in [6.45, 7) is 6.06. The Labute approximate surface area is 95.6 Å². The third-order valence-corrected chi connectivity index (χ3v) is 2.80. The van der Waals surface area contributed by atoms with E-state index < -0.39 is 0 Å². The molecule has 4 nitrogen and oxygen atoms in total. The standard InChI is InChI=1S/C12H18N2O2/c1-4-9-5-6-10(14(15)16)7-11(9)12(13)8(2)3/h5-8,12H,4,13H2,1-3H3. The predicted molar refractivity (Wildman–Crippen MR) is 64.2 cm³/mol. The summed E-state index contributed by atoms with van der Waals surface area (Å²) in [7, 11) is 0. The zero-order chi connectivity index (χ0) is 12.3. The van der Waals surface area contributed by atoms with Gasteiger partial charge in [0.2, 0.25) is 0 Å². The molecule has 0 radical (unpaired) electrons. The highest BCUT2D eigenvalue weighted by Crippen LogP contribution is 2.26. The smallest absolute Gasteiger partial charge is 0.269 e. The molecule has 4 heteroatoms. The summed E-state index contributed by atoms with van der Waals surface area (Å²) in [4.78, 5) is 10.3. The van der Waals surface area contributed by atoms with Gasteiger partial charge in [0.1, 0.15) is 0 Å². The monoisotopic (exact) mass is 222 g/mol. The summed E-state index contributed by atoms with van der Waals surface area (Å²) in [5.41, 5.74) is 8.16. The molecule has 1 unspecified atom stereocenters. The topological polar surface area (TPSA) is 69.2 Å². The predicted octanol–water partition coefficient (Wildman–Crippen LogP) is 2.81. The number of nitro groups is 1. The number of nitrogens with two attached hydrogens (primary N) is 1. The molecule has 0 aromatic heterocycles. The van der Waals surface area contributed by atoms with E-state index in [1.165, 1.54) is 6.07 Å². The second-order valence-electron chi connectivity index (χ2n) is 4.26. The van der Waals surface area contributed by atoms with Gasteiger partial charge in [-0.2, -0.15) is 0 Å². The quantitative estimate of drug-likeness (QED) is 0.629. The molecule has 0 bridgehead atoms. The molecule has 0 aliphatic heterocycles. The van der Waals surface area contributed by atoms with Crippen molar-refractivity contribution >= 4 is 5.69 Å². The van der Waals surface area contributed by atoms with Gasteiger partial charge >= 0.3 is 0 Å². The number of rotatable bonds is 4. The van der Waals surface area contributed by atoms with Gasteiger partial charge in [-0.25, -0.2) is 0 Å². The third-order valence-electron chi connectivity index (χ3n) is 2.80. The van der Waals surface area contributed by atoms with Gasteiger partial charge in [0.25, 0.3) is 5.69 Å². The number of nitro benzene ring substituents is 1. The molecule has 0 saturated carbocycles. The first-order valence-electron chi connectivity index (χ1n) is 5.50. The summed E-state index contributed by atoms with van der Waals surface area (Å²) in [6, 6.07) is 4.80. The SMILES string of the molecule is CCc1ccc([N+](=O)[O-])cc1C(N)C(C)C. The van der Waals surface area contributed by atoms with E-state index >= 15 is 0 Å². The van der Waals surface area contributed by atoms with Crippen LogP contribution in [0.3, 0.4) is 0 Å². The molecule has 0 spiro atoms. The maximum atomic E-state index is 10.7. The molecule has 0 saturated heterocycles. The average molecular weight is 222 g/mol. The highest BCUT2D eigenvalue weighted by Gasteiger charge is 2.17. The third kappa shape index (κ3) is 2.58. The first kappa shape index (κ1) is 12.6. The first-order valence-corrected chi connectivity index (χ1v) is 5.50. The minimum absolute atomic E-state index is 0.114. The van der Waals surface area contributed by atoms with Gasteiger partial charge in [-0.3, -0.25) is 10.1 Å². The second kappa shape index (κ2) is 5.07. The van der Waals surface area contributed by atoms with Gasteiger partial charge in [0.15, 0.2) is 0 Å². The lowest BCUT2D eigenvalue weighted by Crippen LogP contribution is -2.18. The molecule has 0 aliphatic rings. The van der Waals surface area contributed by atoms with Crippen LogP contribution >= 0.6 is 0 Å². The van der Waals surface area contributed by atoms with Crippen molar-refractivity contribution < 1.29 is 4.92 Å². The summed E-state index contributed by atoms with van der Waals surface area (Å²) >= 11 is 0. The van der Waals surface area contributed by atoms with Gasteiger partial charge in [0, 0.05) is 18.2 Å². The van der Waals surface area contributed by atoms with Crippen molar-refractivity contribution in [2.24, 2.45) is 11.7 Å². The highest BCUT2D eigenvalue weighted by atomic mass is 16.6. The Morgan fingerprint density at radius 1 is 1.44 bits per heavy atom. The lowest BCUT2D eigenvalue weighted by Gasteiger charge is -2.19. The van der Waals surface area contributed by atoms with Gasteiger partial charge in [-0.1, -0.05) is 26.8 Å². The van der Waals surface area contributed by atoms with Crippen LogP contribution in [0.15, 0.2) is 18.2 Å². The van der Waals surface area contributed by atoms with E-state index in [4.69, 9.17) is 5.73 Å². The molecule has 0 amide bonds. The van der Waals surface area contributed by atoms with Gasteiger partial charge in [-0.05, 0) is 23.5 Å². The minimum Gasteiger partial charge on any atom is -0.324 e. The molecule has 2 N–H and O–H groups in total. The zero-order valence-corrected chi connectivity index (χ0v) is 9.93. The molecule has 1 atom stereocenters. The molecule has 16 heavy (non-hydrogen) atoms. The number of hydrogen-bond acceptors (Lipinski definition) is 3. The maximum Gasteiger partial charge on any atom is 0.269 e. The highest BCUT2D eigenvalue weighted by molar-refractivity contribution is 5.41. The maximum absolute atomic E-state index is 10.7. The van der Waals surface area contributed by atoms with E-state index in [0.717, 1.165) is 17.5 Å². The molecule has 1 aromatic rings.